The summed E-state index contributed by atoms with van der Waals surface area (Å²) in [7, 11) is -3.50. The smallest absolute Gasteiger partial charge is 0.207 e. The Morgan fingerprint density at radius 1 is 0.727 bits per heavy atom. The van der Waals surface area contributed by atoms with Crippen LogP contribution < -0.4 is 0 Å². The summed E-state index contributed by atoms with van der Waals surface area (Å²) in [5.41, 5.74) is 5.10. The van der Waals surface area contributed by atoms with Crippen LogP contribution in [-0.2, 0) is 16.3 Å². The van der Waals surface area contributed by atoms with Crippen LogP contribution in [0.3, 0.4) is 0 Å². The third-order valence-corrected chi connectivity index (χ3v) is 9.75. The van der Waals surface area contributed by atoms with Crippen LogP contribution in [0.1, 0.15) is 38.2 Å². The Labute approximate surface area is 208 Å². The minimum absolute atomic E-state index is 0.380. The number of aryl methyl sites for hydroxylation is 1. The molecule has 2 nitrogen and oxygen atoms in total. The van der Waals surface area contributed by atoms with E-state index in [-0.39, 0.29) is 0 Å². The molecule has 0 radical (unpaired) electrons. The van der Waals surface area contributed by atoms with Gasteiger partial charge >= 0.3 is 0 Å². The molecular weight excluding hydrogens is 512 g/mol. The molecule has 0 atom stereocenters. The number of rotatable bonds is 7. The van der Waals surface area contributed by atoms with E-state index in [0.717, 1.165) is 32.5 Å². The van der Waals surface area contributed by atoms with Crippen molar-refractivity contribution in [1.82, 2.24) is 0 Å². The zero-order chi connectivity index (χ0) is 23.0. The lowest BCUT2D eigenvalue weighted by Gasteiger charge is -2.04. The molecule has 0 amide bonds. The first-order chi connectivity index (χ1) is 16.0. The van der Waals surface area contributed by atoms with Gasteiger partial charge in [0.25, 0.3) is 0 Å². The van der Waals surface area contributed by atoms with Crippen molar-refractivity contribution in [3.8, 4) is 32.0 Å². The number of fused-ring (bicyclic) bond motifs is 3. The van der Waals surface area contributed by atoms with Crippen molar-refractivity contribution in [3.05, 3.63) is 82.8 Å². The van der Waals surface area contributed by atoms with E-state index in [1.807, 2.05) is 30.3 Å². The Hall–Kier alpha value is -2.21. The van der Waals surface area contributed by atoms with E-state index >= 15 is 0 Å². The fourth-order valence-electron chi connectivity index (χ4n) is 4.42. The molecule has 0 saturated heterocycles. The monoisotopic (exact) mass is 536 g/mol. The van der Waals surface area contributed by atoms with Gasteiger partial charge in [0.1, 0.15) is 0 Å². The average molecular weight is 538 g/mol. The SMILES string of the molecule is CCCCCCc1ccc(-c2ccc(-c3ccc4c(c3)S(=O)(=O)c3cc(Br)ccc3-4)s2)cc1. The second kappa shape index (κ2) is 9.21. The fourth-order valence-corrected chi connectivity index (χ4v) is 7.68. The molecule has 5 heteroatoms. The van der Waals surface area contributed by atoms with Crippen molar-refractivity contribution in [2.75, 3.05) is 0 Å². The Morgan fingerprint density at radius 3 is 2.09 bits per heavy atom. The number of sulfone groups is 1. The van der Waals surface area contributed by atoms with Gasteiger partial charge in [-0.2, -0.15) is 0 Å². The highest BCUT2D eigenvalue weighted by atomic mass is 79.9. The van der Waals surface area contributed by atoms with Crippen molar-refractivity contribution in [2.45, 2.75) is 48.8 Å². The summed E-state index contributed by atoms with van der Waals surface area (Å²) < 4.78 is 27.1. The van der Waals surface area contributed by atoms with E-state index in [2.05, 4.69) is 59.3 Å². The molecular formula is C28H25BrO2S2. The minimum atomic E-state index is -3.50. The normalized spacial score (nSPS) is 13.6. The number of thiophene rings is 1. The summed E-state index contributed by atoms with van der Waals surface area (Å²) in [6, 6.07) is 24.3. The average Bonchev–Trinajstić information content (AvgIpc) is 3.39. The highest BCUT2D eigenvalue weighted by Crippen LogP contribution is 2.46. The van der Waals surface area contributed by atoms with Crippen LogP contribution >= 0.6 is 27.3 Å². The maximum Gasteiger partial charge on any atom is 0.207 e. The number of hydrogen-bond donors (Lipinski definition) is 0. The van der Waals surface area contributed by atoms with Crippen LogP contribution in [-0.4, -0.2) is 8.42 Å². The number of hydrogen-bond acceptors (Lipinski definition) is 3. The van der Waals surface area contributed by atoms with Crippen LogP contribution in [0.4, 0.5) is 0 Å². The molecule has 33 heavy (non-hydrogen) atoms. The van der Waals surface area contributed by atoms with Crippen LogP contribution in [0, 0.1) is 0 Å². The van der Waals surface area contributed by atoms with E-state index < -0.39 is 9.84 Å². The summed E-state index contributed by atoms with van der Waals surface area (Å²) in [4.78, 5) is 3.04. The third-order valence-electron chi connectivity index (χ3n) is 6.24. The van der Waals surface area contributed by atoms with E-state index in [1.54, 1.807) is 17.4 Å². The predicted octanol–water partition coefficient (Wildman–Crippen LogP) is 8.78. The second-order valence-corrected chi connectivity index (χ2v) is 12.4. The number of halogens is 1. The van der Waals surface area contributed by atoms with Crippen molar-refractivity contribution in [2.24, 2.45) is 0 Å². The van der Waals surface area contributed by atoms with Crippen LogP contribution in [0.2, 0.25) is 0 Å². The summed E-state index contributed by atoms with van der Waals surface area (Å²) in [5.74, 6) is 0. The van der Waals surface area contributed by atoms with Crippen molar-refractivity contribution in [1.29, 1.82) is 0 Å². The van der Waals surface area contributed by atoms with Crippen LogP contribution in [0.15, 0.2) is 87.1 Å². The predicted molar refractivity (Wildman–Crippen MR) is 142 cm³/mol. The van der Waals surface area contributed by atoms with Crippen molar-refractivity contribution < 1.29 is 8.42 Å². The van der Waals surface area contributed by atoms with Crippen molar-refractivity contribution in [3.63, 3.8) is 0 Å². The summed E-state index contributed by atoms with van der Waals surface area (Å²) in [6.45, 7) is 2.24. The lowest BCUT2D eigenvalue weighted by Crippen LogP contribution is -1.96. The summed E-state index contributed by atoms with van der Waals surface area (Å²) in [6.07, 6.45) is 6.26. The first-order valence-corrected chi connectivity index (χ1v) is 14.5. The molecule has 0 aliphatic carbocycles. The first-order valence-electron chi connectivity index (χ1n) is 11.4. The quantitative estimate of drug-likeness (QED) is 0.195. The minimum Gasteiger partial charge on any atom is -0.218 e. The largest absolute Gasteiger partial charge is 0.218 e. The molecule has 2 heterocycles. The van der Waals surface area contributed by atoms with Gasteiger partial charge in [-0.1, -0.05) is 84.6 Å². The number of unbranched alkanes of at least 4 members (excludes halogenated alkanes) is 3. The van der Waals surface area contributed by atoms with E-state index in [9.17, 15) is 8.42 Å². The summed E-state index contributed by atoms with van der Waals surface area (Å²) >= 11 is 5.10. The van der Waals surface area contributed by atoms with Crippen LogP contribution in [0.5, 0.6) is 0 Å². The van der Waals surface area contributed by atoms with E-state index in [0.29, 0.717) is 9.79 Å². The van der Waals surface area contributed by atoms with Gasteiger partial charge in [-0.15, -0.1) is 11.3 Å². The molecule has 0 fully saturated rings. The molecule has 0 unspecified atom stereocenters. The summed E-state index contributed by atoms with van der Waals surface area (Å²) in [5, 5.41) is 0. The third kappa shape index (κ3) is 4.34. The molecule has 4 aromatic rings. The molecule has 3 aromatic carbocycles. The molecule has 5 rings (SSSR count). The molecule has 0 bridgehead atoms. The molecule has 1 aliphatic heterocycles. The molecule has 1 aromatic heterocycles. The maximum absolute atomic E-state index is 13.2. The molecule has 0 N–H and O–H groups in total. The van der Waals surface area contributed by atoms with E-state index in [1.165, 1.54) is 41.7 Å². The van der Waals surface area contributed by atoms with Gasteiger partial charge in [0, 0.05) is 25.4 Å². The number of benzene rings is 3. The lowest BCUT2D eigenvalue weighted by molar-refractivity contribution is 0.598. The zero-order valence-corrected chi connectivity index (χ0v) is 21.7. The molecule has 168 valence electrons. The fraction of sp³-hybridized carbons (Fsp3) is 0.214. The lowest BCUT2D eigenvalue weighted by atomic mass is 10.0. The van der Waals surface area contributed by atoms with Gasteiger partial charge in [0.05, 0.1) is 9.79 Å². The second-order valence-electron chi connectivity index (χ2n) is 8.53. The molecule has 1 aliphatic rings. The van der Waals surface area contributed by atoms with Gasteiger partial charge in [-0.25, -0.2) is 8.42 Å². The van der Waals surface area contributed by atoms with Crippen molar-refractivity contribution >= 4 is 37.1 Å². The van der Waals surface area contributed by atoms with Gasteiger partial charge < -0.3 is 0 Å². The van der Waals surface area contributed by atoms with Gasteiger partial charge in [-0.3, -0.25) is 0 Å². The van der Waals surface area contributed by atoms with E-state index in [4.69, 9.17) is 0 Å². The van der Waals surface area contributed by atoms with Gasteiger partial charge in [-0.05, 0) is 59.9 Å². The zero-order valence-electron chi connectivity index (χ0n) is 18.5. The highest BCUT2D eigenvalue weighted by molar-refractivity contribution is 9.10. The highest BCUT2D eigenvalue weighted by Gasteiger charge is 2.33. The van der Waals surface area contributed by atoms with Gasteiger partial charge in [0.15, 0.2) is 0 Å². The topological polar surface area (TPSA) is 34.1 Å². The molecule has 0 spiro atoms. The Balaban J connectivity index is 1.39. The Kier molecular flexibility index (Phi) is 6.30. The first kappa shape index (κ1) is 22.6. The van der Waals surface area contributed by atoms with Crippen LogP contribution in [0.25, 0.3) is 32.0 Å². The van der Waals surface area contributed by atoms with Gasteiger partial charge in [0.2, 0.25) is 9.84 Å². The Morgan fingerprint density at radius 2 is 1.36 bits per heavy atom. The molecule has 0 saturated carbocycles. The Bertz CT molecular complexity index is 1420. The standard InChI is InChI=1S/C28H25BrO2S2/c1-2-3-4-5-6-19-7-9-20(10-8-19)25-15-16-26(32-25)21-11-13-23-24-14-12-22(29)18-28(24)33(30,31)27(23)17-21/h7-18H,2-6H2,1H3. The maximum atomic E-state index is 13.2.